The summed E-state index contributed by atoms with van der Waals surface area (Å²) in [5.74, 6) is -0.197. The molecular formula is C13H22N2O. The number of hydrogen-bond donors (Lipinski definition) is 2. The number of carbonyl (C=O) groups is 1. The third kappa shape index (κ3) is 2.46. The number of nitrogens with two attached hydrogens (primary N) is 1. The minimum Gasteiger partial charge on any atom is -0.369 e. The number of amides is 1. The van der Waals surface area contributed by atoms with E-state index in [2.05, 4.69) is 19.2 Å². The van der Waals surface area contributed by atoms with Crippen molar-refractivity contribution in [2.45, 2.75) is 47.0 Å². The van der Waals surface area contributed by atoms with Gasteiger partial charge in [0.1, 0.15) is 0 Å². The molecule has 0 unspecified atom stereocenters. The van der Waals surface area contributed by atoms with Gasteiger partial charge in [0.2, 0.25) is 5.91 Å². The highest BCUT2D eigenvalue weighted by Gasteiger charge is 2.49. The topological polar surface area (TPSA) is 55.1 Å². The van der Waals surface area contributed by atoms with Crippen molar-refractivity contribution in [2.75, 3.05) is 0 Å². The van der Waals surface area contributed by atoms with Crippen molar-refractivity contribution < 1.29 is 4.79 Å². The van der Waals surface area contributed by atoms with Crippen molar-refractivity contribution in [3.05, 3.63) is 23.0 Å². The lowest BCUT2D eigenvalue weighted by Crippen LogP contribution is -2.26. The molecule has 0 saturated heterocycles. The zero-order chi connectivity index (χ0) is 12.3. The molecule has 3 heteroatoms. The molecule has 1 saturated carbocycles. The van der Waals surface area contributed by atoms with Crippen molar-refractivity contribution in [3.63, 3.8) is 0 Å². The lowest BCUT2D eigenvalue weighted by Gasteiger charge is -2.13. The Morgan fingerprint density at radius 3 is 2.31 bits per heavy atom. The Labute approximate surface area is 97.8 Å². The Morgan fingerprint density at radius 2 is 1.94 bits per heavy atom. The minimum atomic E-state index is -0.354. The van der Waals surface area contributed by atoms with Gasteiger partial charge in [-0.25, -0.2) is 0 Å². The highest BCUT2D eigenvalue weighted by Crippen LogP contribution is 2.51. The van der Waals surface area contributed by atoms with E-state index in [1.807, 2.05) is 20.0 Å². The second kappa shape index (κ2) is 4.73. The van der Waals surface area contributed by atoms with Crippen LogP contribution in [-0.2, 0) is 4.79 Å². The van der Waals surface area contributed by atoms with E-state index in [0.717, 1.165) is 30.5 Å². The molecule has 0 aromatic heterocycles. The van der Waals surface area contributed by atoms with Crippen molar-refractivity contribution >= 4 is 5.91 Å². The van der Waals surface area contributed by atoms with Gasteiger partial charge in [-0.1, -0.05) is 12.5 Å². The number of carbonyl (C=O) groups excluding carboxylic acids is 1. The van der Waals surface area contributed by atoms with Crippen molar-refractivity contribution in [2.24, 2.45) is 11.1 Å². The predicted molar refractivity (Wildman–Crippen MR) is 66.4 cm³/mol. The molecule has 1 rings (SSSR count). The van der Waals surface area contributed by atoms with Crippen molar-refractivity contribution in [1.82, 2.24) is 5.32 Å². The Bertz CT molecular complexity index is 349. The van der Waals surface area contributed by atoms with Crippen LogP contribution in [0.1, 0.15) is 47.0 Å². The van der Waals surface area contributed by atoms with Crippen LogP contribution in [0, 0.1) is 5.41 Å². The van der Waals surface area contributed by atoms with Gasteiger partial charge in [-0.05, 0) is 45.6 Å². The quantitative estimate of drug-likeness (QED) is 0.750. The summed E-state index contributed by atoms with van der Waals surface area (Å²) in [6.45, 7) is 8.25. The molecule has 0 heterocycles. The summed E-state index contributed by atoms with van der Waals surface area (Å²) in [5, 5.41) is 3.24. The minimum absolute atomic E-state index is 0.197. The van der Waals surface area contributed by atoms with E-state index in [-0.39, 0.29) is 11.3 Å². The fourth-order valence-corrected chi connectivity index (χ4v) is 1.70. The average molecular weight is 222 g/mol. The summed E-state index contributed by atoms with van der Waals surface area (Å²) >= 11 is 0. The molecule has 0 bridgehead atoms. The van der Waals surface area contributed by atoms with E-state index in [1.165, 1.54) is 5.57 Å². The first-order valence-corrected chi connectivity index (χ1v) is 5.84. The molecule has 0 spiro atoms. The molecule has 1 aliphatic rings. The summed E-state index contributed by atoms with van der Waals surface area (Å²) in [5.41, 5.74) is 8.58. The van der Waals surface area contributed by atoms with Gasteiger partial charge < -0.3 is 11.1 Å². The lowest BCUT2D eigenvalue weighted by molar-refractivity contribution is -0.121. The highest BCUT2D eigenvalue weighted by molar-refractivity contribution is 5.87. The first kappa shape index (κ1) is 12.8. The number of primary amides is 1. The molecule has 0 aromatic rings. The van der Waals surface area contributed by atoms with Gasteiger partial charge in [-0.3, -0.25) is 4.79 Å². The SMILES string of the molecule is CC/C(C)=C(/C)N/C=C(\C)C1(C(N)=O)CC1. The van der Waals surface area contributed by atoms with Crippen LogP contribution in [0.3, 0.4) is 0 Å². The summed E-state index contributed by atoms with van der Waals surface area (Å²) in [4.78, 5) is 11.3. The highest BCUT2D eigenvalue weighted by atomic mass is 16.1. The predicted octanol–water partition coefficient (Wildman–Crippen LogP) is 2.45. The second-order valence-corrected chi connectivity index (χ2v) is 4.68. The maximum Gasteiger partial charge on any atom is 0.227 e. The molecule has 3 N–H and O–H groups in total. The van der Waals surface area contributed by atoms with Gasteiger partial charge in [-0.15, -0.1) is 0 Å². The molecule has 0 radical (unpaired) electrons. The summed E-state index contributed by atoms with van der Waals surface area (Å²) in [7, 11) is 0. The smallest absolute Gasteiger partial charge is 0.227 e. The van der Waals surface area contributed by atoms with E-state index in [4.69, 9.17) is 5.73 Å². The summed E-state index contributed by atoms with van der Waals surface area (Å²) < 4.78 is 0. The first-order valence-electron chi connectivity index (χ1n) is 5.84. The van der Waals surface area contributed by atoms with E-state index in [9.17, 15) is 4.79 Å². The first-order chi connectivity index (χ1) is 7.44. The van der Waals surface area contributed by atoms with Gasteiger partial charge in [0, 0.05) is 11.9 Å². The Morgan fingerprint density at radius 1 is 1.38 bits per heavy atom. The number of rotatable bonds is 5. The number of nitrogens with one attached hydrogen (secondary N) is 1. The van der Waals surface area contributed by atoms with Crippen LogP contribution in [0.4, 0.5) is 0 Å². The largest absolute Gasteiger partial charge is 0.369 e. The standard InChI is InChI=1S/C13H22N2O/c1-5-9(2)11(4)15-8-10(3)13(6-7-13)12(14)16/h8,15H,5-7H2,1-4H3,(H2,14,16)/b10-8+,11-9-. The zero-order valence-corrected chi connectivity index (χ0v) is 10.7. The fourth-order valence-electron chi connectivity index (χ4n) is 1.70. The van der Waals surface area contributed by atoms with Crippen LogP contribution >= 0.6 is 0 Å². The van der Waals surface area contributed by atoms with Gasteiger partial charge in [0.25, 0.3) is 0 Å². The van der Waals surface area contributed by atoms with Gasteiger partial charge >= 0.3 is 0 Å². The fraction of sp³-hybridized carbons (Fsp3) is 0.615. The molecule has 1 amide bonds. The van der Waals surface area contributed by atoms with Crippen molar-refractivity contribution in [3.8, 4) is 0 Å². The molecule has 16 heavy (non-hydrogen) atoms. The maximum absolute atomic E-state index is 11.3. The molecule has 0 aromatic carbocycles. The van der Waals surface area contributed by atoms with E-state index >= 15 is 0 Å². The van der Waals surface area contributed by atoms with Crippen LogP contribution in [-0.4, -0.2) is 5.91 Å². The number of allylic oxidation sites excluding steroid dienone is 2. The molecule has 3 nitrogen and oxygen atoms in total. The number of hydrogen-bond acceptors (Lipinski definition) is 2. The Hall–Kier alpha value is -1.25. The summed E-state index contributed by atoms with van der Waals surface area (Å²) in [6, 6.07) is 0. The molecule has 0 aliphatic heterocycles. The zero-order valence-electron chi connectivity index (χ0n) is 10.7. The van der Waals surface area contributed by atoms with E-state index in [1.54, 1.807) is 0 Å². The molecule has 1 aliphatic carbocycles. The van der Waals surface area contributed by atoms with Crippen LogP contribution in [0.5, 0.6) is 0 Å². The van der Waals surface area contributed by atoms with E-state index < -0.39 is 0 Å². The normalized spacial score (nSPS) is 20.1. The van der Waals surface area contributed by atoms with Gasteiger partial charge in [-0.2, -0.15) is 0 Å². The van der Waals surface area contributed by atoms with Crippen LogP contribution in [0.2, 0.25) is 0 Å². The van der Waals surface area contributed by atoms with Crippen LogP contribution in [0.25, 0.3) is 0 Å². The monoisotopic (exact) mass is 222 g/mol. The van der Waals surface area contributed by atoms with Crippen LogP contribution in [0.15, 0.2) is 23.0 Å². The molecule has 90 valence electrons. The average Bonchev–Trinajstić information content (AvgIpc) is 3.05. The van der Waals surface area contributed by atoms with Gasteiger partial charge in [0.15, 0.2) is 0 Å². The van der Waals surface area contributed by atoms with E-state index in [0.29, 0.717) is 0 Å². The third-order valence-electron chi connectivity index (χ3n) is 3.65. The maximum atomic E-state index is 11.3. The van der Waals surface area contributed by atoms with Gasteiger partial charge in [0.05, 0.1) is 5.41 Å². The third-order valence-corrected chi connectivity index (χ3v) is 3.65. The lowest BCUT2D eigenvalue weighted by atomic mass is 9.97. The Balaban J connectivity index is 2.69. The van der Waals surface area contributed by atoms with Crippen LogP contribution < -0.4 is 11.1 Å². The molecule has 0 atom stereocenters. The Kier molecular flexibility index (Phi) is 3.79. The second-order valence-electron chi connectivity index (χ2n) is 4.68. The molecular weight excluding hydrogens is 200 g/mol. The summed E-state index contributed by atoms with van der Waals surface area (Å²) in [6.07, 6.45) is 4.74. The van der Waals surface area contributed by atoms with Crippen molar-refractivity contribution in [1.29, 1.82) is 0 Å². The molecule has 1 fully saturated rings.